The van der Waals surface area contributed by atoms with Crippen molar-refractivity contribution in [3.05, 3.63) is 48.3 Å². The van der Waals surface area contributed by atoms with E-state index in [0.717, 1.165) is 21.8 Å². The van der Waals surface area contributed by atoms with E-state index in [2.05, 4.69) is 26.7 Å². The molecule has 0 fully saturated rings. The molecular formula is C15H12N4. The summed E-state index contributed by atoms with van der Waals surface area (Å²) < 4.78 is 0. The van der Waals surface area contributed by atoms with Crippen LogP contribution in [0.1, 0.15) is 5.69 Å². The third-order valence-electron chi connectivity index (χ3n) is 3.02. The van der Waals surface area contributed by atoms with Crippen molar-refractivity contribution in [2.24, 2.45) is 9.98 Å². The Morgan fingerprint density at radius 3 is 2.53 bits per heavy atom. The second kappa shape index (κ2) is 4.57. The molecule has 3 aromatic rings. The molecule has 0 unspecified atom stereocenters. The second-order valence-electron chi connectivity index (χ2n) is 4.11. The number of hydrogen-bond donors (Lipinski definition) is 0. The standard InChI is InChI=1S/C15H12N4/c1-16-15(17-2)12-8-7-11-6-5-10-4-3-9-18-13(10)14(11)19-12/h3-9H,1H2,2H3/b17-15-. The largest absolute Gasteiger partial charge is 0.268 e. The number of fused-ring (bicyclic) bond motifs is 3. The molecule has 3 rings (SSSR count). The molecule has 0 radical (unpaired) electrons. The van der Waals surface area contributed by atoms with E-state index in [-0.39, 0.29) is 0 Å². The highest BCUT2D eigenvalue weighted by Gasteiger charge is 2.07. The fourth-order valence-electron chi connectivity index (χ4n) is 2.11. The molecule has 1 aromatic carbocycles. The lowest BCUT2D eigenvalue weighted by Gasteiger charge is -2.04. The average Bonchev–Trinajstić information content (AvgIpc) is 2.48. The summed E-state index contributed by atoms with van der Waals surface area (Å²) >= 11 is 0. The number of pyridine rings is 2. The minimum absolute atomic E-state index is 0.537. The van der Waals surface area contributed by atoms with Gasteiger partial charge in [0.05, 0.1) is 11.0 Å². The highest BCUT2D eigenvalue weighted by atomic mass is 14.9. The Morgan fingerprint density at radius 1 is 1.05 bits per heavy atom. The minimum atomic E-state index is 0.537. The van der Waals surface area contributed by atoms with E-state index in [1.54, 1.807) is 13.2 Å². The minimum Gasteiger partial charge on any atom is -0.268 e. The molecular weight excluding hydrogens is 236 g/mol. The van der Waals surface area contributed by atoms with Crippen LogP contribution in [0.15, 0.2) is 52.6 Å². The fourth-order valence-corrected chi connectivity index (χ4v) is 2.11. The monoisotopic (exact) mass is 248 g/mol. The molecule has 0 aliphatic rings. The molecule has 0 atom stereocenters. The van der Waals surface area contributed by atoms with Gasteiger partial charge in [-0.15, -0.1) is 0 Å². The van der Waals surface area contributed by atoms with E-state index in [1.807, 2.05) is 36.4 Å². The van der Waals surface area contributed by atoms with Crippen molar-refractivity contribution in [3.8, 4) is 0 Å². The number of benzene rings is 1. The summed E-state index contributed by atoms with van der Waals surface area (Å²) in [6, 6.07) is 11.9. The molecule has 4 nitrogen and oxygen atoms in total. The van der Waals surface area contributed by atoms with Crippen LogP contribution in [-0.4, -0.2) is 29.6 Å². The number of aliphatic imine (C=N–C) groups is 2. The summed E-state index contributed by atoms with van der Waals surface area (Å²) in [6.45, 7) is 3.51. The van der Waals surface area contributed by atoms with Crippen LogP contribution in [0.4, 0.5) is 0 Å². The predicted octanol–water partition coefficient (Wildman–Crippen LogP) is 2.86. The van der Waals surface area contributed by atoms with Gasteiger partial charge >= 0.3 is 0 Å². The normalized spacial score (nSPS) is 11.9. The van der Waals surface area contributed by atoms with Crippen LogP contribution in [0.5, 0.6) is 0 Å². The SMILES string of the molecule is C=N/C(=N\C)c1ccc2ccc3cccnc3c2n1. The molecule has 0 aliphatic heterocycles. The maximum Gasteiger partial charge on any atom is 0.172 e. The quantitative estimate of drug-likeness (QED) is 0.378. The first-order valence-electron chi connectivity index (χ1n) is 5.92. The Balaban J connectivity index is 2.37. The van der Waals surface area contributed by atoms with Gasteiger partial charge in [-0.25, -0.2) is 9.98 Å². The number of aromatic nitrogens is 2. The van der Waals surface area contributed by atoms with Gasteiger partial charge in [0.1, 0.15) is 5.69 Å². The van der Waals surface area contributed by atoms with Crippen LogP contribution in [0.2, 0.25) is 0 Å². The lowest BCUT2D eigenvalue weighted by molar-refractivity contribution is 1.30. The first-order valence-corrected chi connectivity index (χ1v) is 5.92. The van der Waals surface area contributed by atoms with Gasteiger partial charge in [-0.3, -0.25) is 9.98 Å². The first-order chi connectivity index (χ1) is 9.33. The molecule has 0 aliphatic carbocycles. The summed E-state index contributed by atoms with van der Waals surface area (Å²) in [5.41, 5.74) is 2.46. The van der Waals surface area contributed by atoms with Gasteiger partial charge in [0.25, 0.3) is 0 Å². The van der Waals surface area contributed by atoms with E-state index >= 15 is 0 Å². The van der Waals surface area contributed by atoms with E-state index in [1.165, 1.54) is 0 Å². The Bertz CT molecular complexity index is 805. The van der Waals surface area contributed by atoms with E-state index in [9.17, 15) is 0 Å². The Morgan fingerprint density at radius 2 is 1.79 bits per heavy atom. The van der Waals surface area contributed by atoms with E-state index < -0.39 is 0 Å². The molecule has 92 valence electrons. The van der Waals surface area contributed by atoms with Gasteiger partial charge in [-0.2, -0.15) is 0 Å². The first kappa shape index (κ1) is 11.5. The number of rotatable bonds is 1. The summed E-state index contributed by atoms with van der Waals surface area (Å²) in [5.74, 6) is 0.537. The van der Waals surface area contributed by atoms with Gasteiger partial charge in [-0.1, -0.05) is 24.3 Å². The molecule has 0 N–H and O–H groups in total. The van der Waals surface area contributed by atoms with Crippen LogP contribution in [-0.2, 0) is 0 Å². The maximum absolute atomic E-state index is 4.62. The Labute approximate surface area is 110 Å². The highest BCUT2D eigenvalue weighted by molar-refractivity contribution is 6.06. The Hall–Kier alpha value is -2.62. The molecule has 0 spiro atoms. The van der Waals surface area contributed by atoms with Crippen molar-refractivity contribution >= 4 is 34.4 Å². The smallest absolute Gasteiger partial charge is 0.172 e. The lowest BCUT2D eigenvalue weighted by atomic mass is 10.1. The summed E-state index contributed by atoms with van der Waals surface area (Å²) in [6.07, 6.45) is 1.77. The van der Waals surface area contributed by atoms with Crippen molar-refractivity contribution < 1.29 is 0 Å². The zero-order valence-corrected chi connectivity index (χ0v) is 10.5. The lowest BCUT2D eigenvalue weighted by Crippen LogP contribution is -2.00. The molecule has 0 amide bonds. The Kier molecular flexibility index (Phi) is 2.76. The van der Waals surface area contributed by atoms with Gasteiger partial charge in [0.15, 0.2) is 5.84 Å². The predicted molar refractivity (Wildman–Crippen MR) is 79.1 cm³/mol. The molecule has 0 saturated heterocycles. The molecule has 0 bridgehead atoms. The molecule has 2 aromatic heterocycles. The maximum atomic E-state index is 4.62. The van der Waals surface area contributed by atoms with Crippen molar-refractivity contribution in [2.45, 2.75) is 0 Å². The molecule has 2 heterocycles. The number of amidine groups is 1. The van der Waals surface area contributed by atoms with Crippen LogP contribution in [0, 0.1) is 0 Å². The number of hydrogen-bond acceptors (Lipinski definition) is 3. The van der Waals surface area contributed by atoms with Crippen molar-refractivity contribution in [1.82, 2.24) is 9.97 Å². The third-order valence-corrected chi connectivity index (χ3v) is 3.02. The average molecular weight is 248 g/mol. The van der Waals surface area contributed by atoms with Gasteiger partial charge in [0, 0.05) is 24.0 Å². The summed E-state index contributed by atoms with van der Waals surface area (Å²) in [7, 11) is 1.68. The fraction of sp³-hybridized carbons (Fsp3) is 0.0667. The van der Waals surface area contributed by atoms with Crippen molar-refractivity contribution in [1.29, 1.82) is 0 Å². The van der Waals surface area contributed by atoms with E-state index in [0.29, 0.717) is 11.5 Å². The molecule has 0 saturated carbocycles. The topological polar surface area (TPSA) is 50.5 Å². The van der Waals surface area contributed by atoms with Crippen LogP contribution >= 0.6 is 0 Å². The zero-order valence-electron chi connectivity index (χ0n) is 10.5. The van der Waals surface area contributed by atoms with Crippen molar-refractivity contribution in [2.75, 3.05) is 7.05 Å². The molecule has 4 heteroatoms. The second-order valence-corrected chi connectivity index (χ2v) is 4.11. The van der Waals surface area contributed by atoms with Crippen LogP contribution in [0.3, 0.4) is 0 Å². The van der Waals surface area contributed by atoms with Gasteiger partial charge in [-0.05, 0) is 18.9 Å². The van der Waals surface area contributed by atoms with Crippen LogP contribution < -0.4 is 0 Å². The molecule has 19 heavy (non-hydrogen) atoms. The number of nitrogens with zero attached hydrogens (tertiary/aromatic N) is 4. The zero-order chi connectivity index (χ0) is 13.2. The van der Waals surface area contributed by atoms with Gasteiger partial charge in [0.2, 0.25) is 0 Å². The summed E-state index contributed by atoms with van der Waals surface area (Å²) in [5, 5.41) is 2.12. The summed E-state index contributed by atoms with van der Waals surface area (Å²) in [4.78, 5) is 17.0. The third kappa shape index (κ3) is 1.87. The van der Waals surface area contributed by atoms with Crippen molar-refractivity contribution in [3.63, 3.8) is 0 Å². The van der Waals surface area contributed by atoms with E-state index in [4.69, 9.17) is 0 Å². The van der Waals surface area contributed by atoms with Gasteiger partial charge < -0.3 is 0 Å². The highest BCUT2D eigenvalue weighted by Crippen LogP contribution is 2.22. The van der Waals surface area contributed by atoms with Crippen LogP contribution in [0.25, 0.3) is 21.8 Å².